The predicted molar refractivity (Wildman–Crippen MR) is 166 cm³/mol. The van der Waals surface area contributed by atoms with Gasteiger partial charge in [0, 0.05) is 36.4 Å². The van der Waals surface area contributed by atoms with Crippen molar-refractivity contribution in [2.75, 3.05) is 0 Å². The zero-order chi connectivity index (χ0) is 26.1. The summed E-state index contributed by atoms with van der Waals surface area (Å²) in [6.45, 7) is 0. The van der Waals surface area contributed by atoms with Gasteiger partial charge in [-0.3, -0.25) is 0 Å². The summed E-state index contributed by atoms with van der Waals surface area (Å²) in [5.41, 5.74) is 6.23. The maximum Gasteiger partial charge on any atom is 0.489 e. The molecule has 2 N–H and O–H groups in total. The highest BCUT2D eigenvalue weighted by Crippen LogP contribution is 2.45. The standard InChI is InChI=1S/C34H22BNO2S/c37-35(38)26-18-19-28(33-25-15-7-9-17-30(25)39-34(26)33)36-27-16-8-6-14-24(27)32-29(36)20-22-12-4-5-13-23(22)31(32)21-10-2-1-3-11-21/h1-20,37-38H. The minimum absolute atomic E-state index is 0.533. The van der Waals surface area contributed by atoms with Crippen LogP contribution >= 0.6 is 11.3 Å². The summed E-state index contributed by atoms with van der Waals surface area (Å²) in [7, 11) is -1.54. The minimum Gasteiger partial charge on any atom is -0.423 e. The number of aromatic nitrogens is 1. The lowest BCUT2D eigenvalue weighted by Gasteiger charge is -2.14. The van der Waals surface area contributed by atoms with E-state index in [1.165, 1.54) is 32.7 Å². The molecule has 8 rings (SSSR count). The molecular formula is C34H22BNO2S. The van der Waals surface area contributed by atoms with Crippen molar-refractivity contribution in [2.24, 2.45) is 0 Å². The molecular weight excluding hydrogens is 497 g/mol. The Morgan fingerprint density at radius 2 is 1.28 bits per heavy atom. The highest BCUT2D eigenvalue weighted by Gasteiger charge is 2.24. The largest absolute Gasteiger partial charge is 0.489 e. The van der Waals surface area contributed by atoms with Gasteiger partial charge in [0.05, 0.1) is 16.7 Å². The number of hydrogen-bond acceptors (Lipinski definition) is 3. The minimum atomic E-state index is -1.54. The molecule has 0 fully saturated rings. The molecule has 0 bridgehead atoms. The lowest BCUT2D eigenvalue weighted by molar-refractivity contribution is 0.426. The van der Waals surface area contributed by atoms with Crippen molar-refractivity contribution in [1.29, 1.82) is 0 Å². The summed E-state index contributed by atoms with van der Waals surface area (Å²) in [5, 5.41) is 27.5. The van der Waals surface area contributed by atoms with Crippen molar-refractivity contribution in [2.45, 2.75) is 0 Å². The van der Waals surface area contributed by atoms with Crippen LogP contribution < -0.4 is 5.46 Å². The van der Waals surface area contributed by atoms with E-state index in [1.54, 1.807) is 11.3 Å². The van der Waals surface area contributed by atoms with Crippen LogP contribution in [0.4, 0.5) is 0 Å². The Balaban J connectivity index is 1.62. The molecule has 0 atom stereocenters. The molecule has 0 aliphatic heterocycles. The molecule has 8 aromatic rings. The van der Waals surface area contributed by atoms with Crippen molar-refractivity contribution in [1.82, 2.24) is 4.57 Å². The molecule has 6 aromatic carbocycles. The SMILES string of the molecule is OB(O)c1ccc(-n2c3ccccc3c3c(-c4ccccc4)c4ccccc4cc32)c2c1sc1ccccc12. The first-order valence-corrected chi connectivity index (χ1v) is 13.8. The van der Waals surface area contributed by atoms with E-state index in [0.717, 1.165) is 36.9 Å². The Kier molecular flexibility index (Phi) is 4.94. The van der Waals surface area contributed by atoms with Crippen LogP contribution in [0.15, 0.2) is 121 Å². The Morgan fingerprint density at radius 1 is 0.590 bits per heavy atom. The van der Waals surface area contributed by atoms with E-state index in [9.17, 15) is 10.0 Å². The van der Waals surface area contributed by atoms with Crippen LogP contribution in [0.25, 0.3) is 69.6 Å². The Morgan fingerprint density at radius 3 is 2.10 bits per heavy atom. The highest BCUT2D eigenvalue weighted by molar-refractivity contribution is 7.27. The fourth-order valence-corrected chi connectivity index (χ4v) is 7.43. The second kappa shape index (κ2) is 8.55. The Hall–Kier alpha value is -4.42. The van der Waals surface area contributed by atoms with Gasteiger partial charge in [-0.25, -0.2) is 0 Å². The van der Waals surface area contributed by atoms with Crippen molar-refractivity contribution in [3.05, 3.63) is 121 Å². The number of nitrogens with zero attached hydrogens (tertiary/aromatic N) is 1. The van der Waals surface area contributed by atoms with Gasteiger partial charge in [0.25, 0.3) is 0 Å². The van der Waals surface area contributed by atoms with Gasteiger partial charge in [-0.15, -0.1) is 11.3 Å². The maximum atomic E-state index is 10.2. The first-order valence-electron chi connectivity index (χ1n) is 13.0. The summed E-state index contributed by atoms with van der Waals surface area (Å²) in [6.07, 6.45) is 0. The van der Waals surface area contributed by atoms with Crippen LogP contribution in [-0.2, 0) is 0 Å². The number of hydrogen-bond donors (Lipinski definition) is 2. The van der Waals surface area contributed by atoms with E-state index in [2.05, 4.69) is 102 Å². The van der Waals surface area contributed by atoms with Gasteiger partial charge in [-0.2, -0.15) is 0 Å². The molecule has 0 amide bonds. The zero-order valence-electron chi connectivity index (χ0n) is 20.9. The molecule has 3 nitrogen and oxygen atoms in total. The van der Waals surface area contributed by atoms with E-state index in [0.29, 0.717) is 5.46 Å². The topological polar surface area (TPSA) is 45.4 Å². The third kappa shape index (κ3) is 3.25. The number of benzene rings is 6. The van der Waals surface area contributed by atoms with Crippen LogP contribution in [0.1, 0.15) is 0 Å². The lowest BCUT2D eigenvalue weighted by Crippen LogP contribution is -2.30. The molecule has 0 spiro atoms. The molecule has 0 aliphatic rings. The van der Waals surface area contributed by atoms with Gasteiger partial charge in [-0.1, -0.05) is 97.1 Å². The van der Waals surface area contributed by atoms with Crippen molar-refractivity contribution in [3.63, 3.8) is 0 Å². The van der Waals surface area contributed by atoms with E-state index >= 15 is 0 Å². The predicted octanol–water partition coefficient (Wildman–Crippen LogP) is 7.65. The second-order valence-electron chi connectivity index (χ2n) is 9.94. The van der Waals surface area contributed by atoms with Crippen LogP contribution in [0.3, 0.4) is 0 Å². The van der Waals surface area contributed by atoms with E-state index < -0.39 is 7.12 Å². The average molecular weight is 519 g/mol. The van der Waals surface area contributed by atoms with Gasteiger partial charge in [0.1, 0.15) is 0 Å². The van der Waals surface area contributed by atoms with Gasteiger partial charge >= 0.3 is 7.12 Å². The molecule has 2 aromatic heterocycles. The van der Waals surface area contributed by atoms with Gasteiger partial charge in [-0.05, 0) is 46.2 Å². The molecule has 184 valence electrons. The fourth-order valence-electron chi connectivity index (χ4n) is 6.18. The fraction of sp³-hybridized carbons (Fsp3) is 0. The van der Waals surface area contributed by atoms with Crippen LogP contribution in [0.5, 0.6) is 0 Å². The van der Waals surface area contributed by atoms with Gasteiger partial charge in [0.2, 0.25) is 0 Å². The number of thiophene rings is 1. The molecule has 0 unspecified atom stereocenters. The Labute approximate surface area is 228 Å². The second-order valence-corrected chi connectivity index (χ2v) is 11.0. The average Bonchev–Trinajstić information content (AvgIpc) is 3.52. The van der Waals surface area contributed by atoms with E-state index in [4.69, 9.17) is 0 Å². The summed E-state index contributed by atoms with van der Waals surface area (Å²) in [6, 6.07) is 42.3. The van der Waals surface area contributed by atoms with Crippen molar-refractivity contribution in [3.8, 4) is 16.8 Å². The summed E-state index contributed by atoms with van der Waals surface area (Å²) >= 11 is 1.61. The number of rotatable bonds is 3. The third-order valence-corrected chi connectivity index (χ3v) is 9.02. The summed E-state index contributed by atoms with van der Waals surface area (Å²) < 4.78 is 4.38. The van der Waals surface area contributed by atoms with Gasteiger partial charge in [0.15, 0.2) is 0 Å². The number of fused-ring (bicyclic) bond motifs is 7. The lowest BCUT2D eigenvalue weighted by atomic mass is 9.79. The van der Waals surface area contributed by atoms with Gasteiger partial charge < -0.3 is 14.6 Å². The van der Waals surface area contributed by atoms with Crippen LogP contribution in [0, 0.1) is 0 Å². The van der Waals surface area contributed by atoms with E-state index in [-0.39, 0.29) is 0 Å². The quantitative estimate of drug-likeness (QED) is 0.236. The first-order chi connectivity index (χ1) is 19.2. The molecule has 0 saturated heterocycles. The number of para-hydroxylation sites is 1. The van der Waals surface area contributed by atoms with Crippen LogP contribution in [0.2, 0.25) is 0 Å². The summed E-state index contributed by atoms with van der Waals surface area (Å²) in [4.78, 5) is 0. The van der Waals surface area contributed by atoms with Crippen molar-refractivity contribution < 1.29 is 10.0 Å². The first kappa shape index (κ1) is 22.6. The molecule has 0 aliphatic carbocycles. The molecule has 2 heterocycles. The monoisotopic (exact) mass is 519 g/mol. The maximum absolute atomic E-state index is 10.2. The smallest absolute Gasteiger partial charge is 0.423 e. The highest BCUT2D eigenvalue weighted by atomic mass is 32.1. The van der Waals surface area contributed by atoms with Crippen molar-refractivity contribution >= 4 is 76.7 Å². The molecule has 39 heavy (non-hydrogen) atoms. The normalized spacial score (nSPS) is 11.8. The summed E-state index contributed by atoms with van der Waals surface area (Å²) in [5.74, 6) is 0. The third-order valence-electron chi connectivity index (χ3n) is 7.80. The Bertz CT molecular complexity index is 2210. The van der Waals surface area contributed by atoms with E-state index in [1.807, 2.05) is 24.3 Å². The van der Waals surface area contributed by atoms with Crippen LogP contribution in [-0.4, -0.2) is 21.7 Å². The zero-order valence-corrected chi connectivity index (χ0v) is 21.7. The molecule has 0 saturated carbocycles. The molecule has 5 heteroatoms. The molecule has 0 radical (unpaired) electrons.